The number of benzene rings is 2. The highest BCUT2D eigenvalue weighted by molar-refractivity contribution is 7.98. The van der Waals surface area contributed by atoms with Gasteiger partial charge in [-0.1, -0.05) is 23.7 Å². The lowest BCUT2D eigenvalue weighted by molar-refractivity contribution is -0.136. The number of nitrogens with zero attached hydrogens (tertiary/aromatic N) is 1. The number of urea groups is 1. The number of carbonyl (C=O) groups excluding carboxylic acids is 3. The maximum atomic E-state index is 12.9. The van der Waals surface area contributed by atoms with Crippen LogP contribution in [0.5, 0.6) is 5.75 Å². The summed E-state index contributed by atoms with van der Waals surface area (Å²) in [5.41, 5.74) is 1.85. The highest BCUT2D eigenvalue weighted by atomic mass is 35.5. The first-order chi connectivity index (χ1) is 15.4. The van der Waals surface area contributed by atoms with Crippen LogP contribution in [0.25, 0.3) is 0 Å². The van der Waals surface area contributed by atoms with E-state index in [2.05, 4.69) is 10.6 Å². The second-order valence-corrected chi connectivity index (χ2v) is 8.39. The van der Waals surface area contributed by atoms with E-state index < -0.39 is 23.9 Å². The van der Waals surface area contributed by atoms with Gasteiger partial charge >= 0.3 is 12.0 Å². The average Bonchev–Trinajstić information content (AvgIpc) is 3.17. The molecule has 10 heteroatoms. The molecule has 0 bridgehead atoms. The van der Waals surface area contributed by atoms with E-state index in [1.54, 1.807) is 30.0 Å². The van der Waals surface area contributed by atoms with Gasteiger partial charge in [0.05, 0.1) is 30.1 Å². The van der Waals surface area contributed by atoms with Crippen LogP contribution in [0.3, 0.4) is 0 Å². The zero-order valence-corrected chi connectivity index (χ0v) is 18.9. The van der Waals surface area contributed by atoms with Gasteiger partial charge in [0.25, 0.3) is 0 Å². The number of halogens is 1. The summed E-state index contributed by atoms with van der Waals surface area (Å²) >= 11 is 7.61. The number of esters is 1. The van der Waals surface area contributed by atoms with Gasteiger partial charge in [-0.3, -0.25) is 9.69 Å². The zero-order chi connectivity index (χ0) is 22.8. The number of carbonyl (C=O) groups is 3. The number of nitrogens with one attached hydrogen (secondary N) is 2. The molecule has 2 aliphatic rings. The van der Waals surface area contributed by atoms with Crippen molar-refractivity contribution >= 4 is 47.0 Å². The van der Waals surface area contributed by atoms with Crippen molar-refractivity contribution in [2.75, 3.05) is 31.8 Å². The lowest BCUT2D eigenvalue weighted by atomic mass is 9.96. The Morgan fingerprint density at radius 3 is 2.72 bits per heavy atom. The second kappa shape index (κ2) is 9.13. The number of cyclic esters (lactones) is 1. The molecule has 0 aliphatic carbocycles. The molecule has 2 aliphatic heterocycles. The Hall–Kier alpha value is -3.17. The lowest BCUT2D eigenvalue weighted by Crippen LogP contribution is -2.49. The van der Waals surface area contributed by atoms with Gasteiger partial charge in [-0.2, -0.15) is 0 Å². The number of hydrogen-bond donors (Lipinski definition) is 2. The van der Waals surface area contributed by atoms with Crippen LogP contribution >= 0.6 is 23.4 Å². The summed E-state index contributed by atoms with van der Waals surface area (Å²) in [6.45, 7) is -0.385. The van der Waals surface area contributed by atoms with Crippen LogP contribution in [-0.2, 0) is 14.3 Å². The van der Waals surface area contributed by atoms with Gasteiger partial charge in [0.1, 0.15) is 18.9 Å². The smallest absolute Gasteiger partial charge is 0.338 e. The largest absolute Gasteiger partial charge is 0.495 e. The van der Waals surface area contributed by atoms with E-state index in [-0.39, 0.29) is 13.2 Å². The van der Waals surface area contributed by atoms with Gasteiger partial charge in [-0.25, -0.2) is 9.59 Å². The SMILES string of the molecule is COc1ccc(Cl)cc1NC(=O)CN1C(=O)N[C@H](c2ccc(SC)cc2)C2=C1COC2=O. The molecule has 4 rings (SSSR count). The third kappa shape index (κ3) is 4.26. The molecule has 32 heavy (non-hydrogen) atoms. The Kier molecular flexibility index (Phi) is 6.29. The first-order valence-corrected chi connectivity index (χ1v) is 11.3. The van der Waals surface area contributed by atoms with Crippen LogP contribution in [-0.4, -0.2) is 49.3 Å². The average molecular weight is 474 g/mol. The molecule has 2 aromatic rings. The normalized spacial score (nSPS) is 17.6. The van der Waals surface area contributed by atoms with E-state index in [1.165, 1.54) is 12.0 Å². The lowest BCUT2D eigenvalue weighted by Gasteiger charge is -2.32. The molecule has 0 saturated heterocycles. The van der Waals surface area contributed by atoms with Gasteiger partial charge < -0.3 is 20.1 Å². The Balaban J connectivity index is 1.58. The number of amides is 3. The van der Waals surface area contributed by atoms with Crippen LogP contribution in [0, 0.1) is 0 Å². The monoisotopic (exact) mass is 473 g/mol. The highest BCUT2D eigenvalue weighted by Crippen LogP contribution is 2.35. The molecular formula is C22H20ClN3O5S. The fourth-order valence-corrected chi connectivity index (χ4v) is 4.22. The molecular weight excluding hydrogens is 454 g/mol. The van der Waals surface area contributed by atoms with Crippen LogP contribution in [0.4, 0.5) is 10.5 Å². The number of thioether (sulfide) groups is 1. The predicted octanol–water partition coefficient (Wildman–Crippen LogP) is 3.59. The van der Waals surface area contributed by atoms with Gasteiger partial charge in [0.15, 0.2) is 0 Å². The van der Waals surface area contributed by atoms with Crippen molar-refractivity contribution in [3.63, 3.8) is 0 Å². The van der Waals surface area contributed by atoms with Crippen molar-refractivity contribution in [1.29, 1.82) is 0 Å². The number of rotatable bonds is 6. The fraction of sp³-hybridized carbons (Fsp3) is 0.227. The Morgan fingerprint density at radius 1 is 1.28 bits per heavy atom. The Labute approximate surface area is 193 Å². The standard InChI is InChI=1S/C22H20ClN3O5S/c1-30-17-8-5-13(23)9-15(17)24-18(27)10-26-16-11-31-21(28)19(16)20(25-22(26)29)12-3-6-14(32-2)7-4-12/h3-9,20H,10-11H2,1-2H3,(H,24,27)(H,25,29)/t20-/m1/s1. The van der Waals surface area contributed by atoms with Crippen LogP contribution in [0.15, 0.2) is 58.6 Å². The molecule has 2 aromatic carbocycles. The molecule has 0 fully saturated rings. The molecule has 2 heterocycles. The van der Waals surface area contributed by atoms with Crippen molar-refractivity contribution in [2.45, 2.75) is 10.9 Å². The fourth-order valence-electron chi connectivity index (χ4n) is 3.64. The molecule has 1 atom stereocenters. The van der Waals surface area contributed by atoms with Crippen LogP contribution in [0.1, 0.15) is 11.6 Å². The molecule has 166 valence electrons. The second-order valence-electron chi connectivity index (χ2n) is 7.07. The van der Waals surface area contributed by atoms with Crippen LogP contribution in [0.2, 0.25) is 5.02 Å². The summed E-state index contributed by atoms with van der Waals surface area (Å²) in [6.07, 6.45) is 1.97. The summed E-state index contributed by atoms with van der Waals surface area (Å²) in [6, 6.07) is 11.2. The van der Waals surface area contributed by atoms with Crippen molar-refractivity contribution in [2.24, 2.45) is 0 Å². The van der Waals surface area contributed by atoms with E-state index >= 15 is 0 Å². The molecule has 0 aromatic heterocycles. The van der Waals surface area contributed by atoms with Gasteiger partial charge in [-0.05, 0) is 42.2 Å². The molecule has 3 amide bonds. The van der Waals surface area contributed by atoms with Gasteiger partial charge in [0, 0.05) is 9.92 Å². The highest BCUT2D eigenvalue weighted by Gasteiger charge is 2.42. The third-order valence-electron chi connectivity index (χ3n) is 5.18. The quantitative estimate of drug-likeness (QED) is 0.491. The summed E-state index contributed by atoms with van der Waals surface area (Å²) < 4.78 is 10.4. The Bertz CT molecular complexity index is 1120. The minimum absolute atomic E-state index is 0.0747. The summed E-state index contributed by atoms with van der Waals surface area (Å²) in [7, 11) is 1.47. The molecule has 0 radical (unpaired) electrons. The zero-order valence-electron chi connectivity index (χ0n) is 17.3. The predicted molar refractivity (Wildman–Crippen MR) is 121 cm³/mol. The first-order valence-electron chi connectivity index (χ1n) is 9.66. The first kappa shape index (κ1) is 22.0. The van der Waals surface area contributed by atoms with Gasteiger partial charge in [-0.15, -0.1) is 11.8 Å². The third-order valence-corrected chi connectivity index (χ3v) is 6.16. The number of methoxy groups -OCH3 is 1. The molecule has 0 spiro atoms. The molecule has 2 N–H and O–H groups in total. The summed E-state index contributed by atoms with van der Waals surface area (Å²) in [4.78, 5) is 40.4. The Morgan fingerprint density at radius 2 is 2.03 bits per heavy atom. The number of ether oxygens (including phenoxy) is 2. The number of anilines is 1. The summed E-state index contributed by atoms with van der Waals surface area (Å²) in [5.74, 6) is -0.561. The van der Waals surface area contributed by atoms with Crippen molar-refractivity contribution < 1.29 is 23.9 Å². The van der Waals surface area contributed by atoms with Crippen molar-refractivity contribution in [3.8, 4) is 5.75 Å². The molecule has 0 saturated carbocycles. The van der Waals surface area contributed by atoms with Crippen molar-refractivity contribution in [3.05, 3.63) is 64.3 Å². The topological polar surface area (TPSA) is 97.0 Å². The maximum absolute atomic E-state index is 12.9. The minimum Gasteiger partial charge on any atom is -0.495 e. The van der Waals surface area contributed by atoms with E-state index in [9.17, 15) is 14.4 Å². The maximum Gasteiger partial charge on any atom is 0.338 e. The molecule has 8 nitrogen and oxygen atoms in total. The van der Waals surface area contributed by atoms with E-state index in [0.717, 1.165) is 10.5 Å². The van der Waals surface area contributed by atoms with Crippen LogP contribution < -0.4 is 15.4 Å². The molecule has 0 unspecified atom stereocenters. The van der Waals surface area contributed by atoms with E-state index in [4.69, 9.17) is 21.1 Å². The van der Waals surface area contributed by atoms with E-state index in [0.29, 0.717) is 27.7 Å². The van der Waals surface area contributed by atoms with E-state index in [1.807, 2.05) is 30.5 Å². The number of hydrogen-bond acceptors (Lipinski definition) is 6. The summed E-state index contributed by atoms with van der Waals surface area (Å²) in [5, 5.41) is 5.94. The minimum atomic E-state index is -0.643. The van der Waals surface area contributed by atoms with Gasteiger partial charge in [0.2, 0.25) is 5.91 Å². The van der Waals surface area contributed by atoms with Crippen molar-refractivity contribution in [1.82, 2.24) is 10.2 Å².